The molecule has 1 rings (SSSR count). The van der Waals surface area contributed by atoms with E-state index >= 15 is 0 Å². The number of rotatable bonds is 5. The third-order valence-corrected chi connectivity index (χ3v) is 1.60. The molecule has 0 spiro atoms. The van der Waals surface area contributed by atoms with Gasteiger partial charge in [-0.05, 0) is 5.56 Å². The molecule has 3 heteroatoms. The summed E-state index contributed by atoms with van der Waals surface area (Å²) in [5.41, 5.74) is 6.18. The average molecular weight is 179 g/mol. The molecule has 0 radical (unpaired) electrons. The Labute approximate surface area is 77.5 Å². The molecule has 0 aliphatic heterocycles. The van der Waals surface area contributed by atoms with Gasteiger partial charge in [-0.2, -0.15) is 0 Å². The first-order chi connectivity index (χ1) is 6.33. The van der Waals surface area contributed by atoms with Crippen LogP contribution >= 0.6 is 0 Å². The van der Waals surface area contributed by atoms with E-state index in [1.807, 2.05) is 30.3 Å². The molecule has 1 aromatic carbocycles. The molecule has 2 N–H and O–H groups in total. The zero-order valence-electron chi connectivity index (χ0n) is 7.40. The maximum Gasteiger partial charge on any atom is 0.171 e. The lowest BCUT2D eigenvalue weighted by atomic mass is 10.2. The van der Waals surface area contributed by atoms with Crippen molar-refractivity contribution in [3.8, 4) is 0 Å². The maximum absolute atomic E-state index is 10.8. The first-order valence-corrected chi connectivity index (χ1v) is 4.16. The summed E-state index contributed by atoms with van der Waals surface area (Å²) in [4.78, 5) is 10.8. The van der Waals surface area contributed by atoms with E-state index in [2.05, 4.69) is 0 Å². The van der Waals surface area contributed by atoms with E-state index in [1.54, 1.807) is 0 Å². The molecule has 0 bridgehead atoms. The van der Waals surface area contributed by atoms with Gasteiger partial charge in [0.05, 0.1) is 13.2 Å². The molecule has 13 heavy (non-hydrogen) atoms. The van der Waals surface area contributed by atoms with Gasteiger partial charge in [-0.15, -0.1) is 0 Å². The molecule has 0 atom stereocenters. The van der Waals surface area contributed by atoms with E-state index in [0.717, 1.165) is 5.56 Å². The van der Waals surface area contributed by atoms with E-state index in [9.17, 15) is 4.79 Å². The molecule has 0 aliphatic carbocycles. The number of hydrogen-bond donors (Lipinski definition) is 1. The monoisotopic (exact) mass is 179 g/mol. The molecule has 1 aromatic rings. The van der Waals surface area contributed by atoms with Crippen LogP contribution in [0.15, 0.2) is 30.3 Å². The number of hydrogen-bond acceptors (Lipinski definition) is 3. The number of benzene rings is 1. The van der Waals surface area contributed by atoms with Crippen LogP contribution in [0.25, 0.3) is 0 Å². The van der Waals surface area contributed by atoms with Crippen LogP contribution in [-0.2, 0) is 16.1 Å². The van der Waals surface area contributed by atoms with Crippen molar-refractivity contribution in [1.82, 2.24) is 0 Å². The van der Waals surface area contributed by atoms with Crippen LogP contribution in [0.5, 0.6) is 0 Å². The van der Waals surface area contributed by atoms with Gasteiger partial charge in [0, 0.05) is 0 Å². The quantitative estimate of drug-likeness (QED) is 0.725. The lowest BCUT2D eigenvalue weighted by Crippen LogP contribution is -2.18. The Morgan fingerprint density at radius 2 is 2.00 bits per heavy atom. The van der Waals surface area contributed by atoms with E-state index in [-0.39, 0.29) is 18.9 Å². The number of ketones is 1. The topological polar surface area (TPSA) is 52.3 Å². The van der Waals surface area contributed by atoms with Crippen molar-refractivity contribution in [2.24, 2.45) is 5.73 Å². The zero-order valence-corrected chi connectivity index (χ0v) is 7.40. The van der Waals surface area contributed by atoms with Gasteiger partial charge in [0.25, 0.3) is 0 Å². The highest BCUT2D eigenvalue weighted by Gasteiger charge is 1.97. The van der Waals surface area contributed by atoms with E-state index in [4.69, 9.17) is 10.5 Å². The zero-order chi connectivity index (χ0) is 9.52. The minimum absolute atomic E-state index is 0.0504. The molecule has 0 aromatic heterocycles. The molecule has 0 unspecified atom stereocenters. The van der Waals surface area contributed by atoms with E-state index < -0.39 is 0 Å². The summed E-state index contributed by atoms with van der Waals surface area (Å²) in [6.07, 6.45) is 0. The van der Waals surface area contributed by atoms with Crippen molar-refractivity contribution in [2.75, 3.05) is 13.2 Å². The second-order valence-electron chi connectivity index (χ2n) is 2.72. The van der Waals surface area contributed by atoms with Gasteiger partial charge in [0.1, 0.15) is 6.61 Å². The van der Waals surface area contributed by atoms with Crippen molar-refractivity contribution in [3.63, 3.8) is 0 Å². The molecular weight excluding hydrogens is 166 g/mol. The third-order valence-electron chi connectivity index (χ3n) is 1.60. The Kier molecular flexibility index (Phi) is 4.15. The molecule has 0 aliphatic rings. The third kappa shape index (κ3) is 3.83. The summed E-state index contributed by atoms with van der Waals surface area (Å²) >= 11 is 0. The largest absolute Gasteiger partial charge is 0.369 e. The van der Waals surface area contributed by atoms with Crippen molar-refractivity contribution < 1.29 is 9.53 Å². The van der Waals surface area contributed by atoms with Crippen LogP contribution in [-0.4, -0.2) is 18.9 Å². The van der Waals surface area contributed by atoms with Crippen LogP contribution in [0.1, 0.15) is 5.56 Å². The summed E-state index contributed by atoms with van der Waals surface area (Å²) in [5, 5.41) is 0. The van der Waals surface area contributed by atoms with Gasteiger partial charge in [0.15, 0.2) is 5.78 Å². The van der Waals surface area contributed by atoms with Gasteiger partial charge in [-0.25, -0.2) is 0 Å². The first kappa shape index (κ1) is 9.89. The molecule has 0 saturated carbocycles. The van der Waals surface area contributed by atoms with Crippen LogP contribution in [0, 0.1) is 0 Å². The summed E-state index contributed by atoms with van der Waals surface area (Å²) in [6.45, 7) is 0.618. The molecule has 70 valence electrons. The standard InChI is InChI=1S/C10H13NO2/c11-6-10(12)8-13-7-9-4-2-1-3-5-9/h1-5H,6-8,11H2. The second-order valence-corrected chi connectivity index (χ2v) is 2.72. The molecule has 0 fully saturated rings. The number of carbonyl (C=O) groups excluding carboxylic acids is 1. The fraction of sp³-hybridized carbons (Fsp3) is 0.300. The molecule has 0 saturated heterocycles. The average Bonchev–Trinajstić information content (AvgIpc) is 2.19. The lowest BCUT2D eigenvalue weighted by Gasteiger charge is -2.01. The van der Waals surface area contributed by atoms with Crippen molar-refractivity contribution >= 4 is 5.78 Å². The van der Waals surface area contributed by atoms with Crippen molar-refractivity contribution in [2.45, 2.75) is 6.61 Å². The van der Waals surface area contributed by atoms with Crippen LogP contribution in [0.2, 0.25) is 0 Å². The van der Waals surface area contributed by atoms with Crippen LogP contribution in [0.4, 0.5) is 0 Å². The van der Waals surface area contributed by atoms with Crippen molar-refractivity contribution in [1.29, 1.82) is 0 Å². The Hall–Kier alpha value is -1.19. The van der Waals surface area contributed by atoms with Crippen LogP contribution < -0.4 is 5.73 Å². The molecule has 3 nitrogen and oxygen atoms in total. The highest BCUT2D eigenvalue weighted by atomic mass is 16.5. The van der Waals surface area contributed by atoms with E-state index in [0.29, 0.717) is 6.61 Å². The van der Waals surface area contributed by atoms with Gasteiger partial charge in [0.2, 0.25) is 0 Å². The summed E-state index contributed by atoms with van der Waals surface area (Å²) in [7, 11) is 0. The number of carbonyl (C=O) groups is 1. The fourth-order valence-electron chi connectivity index (χ4n) is 0.916. The Morgan fingerprint density at radius 3 is 2.62 bits per heavy atom. The molecule has 0 heterocycles. The smallest absolute Gasteiger partial charge is 0.171 e. The van der Waals surface area contributed by atoms with Crippen LogP contribution in [0.3, 0.4) is 0 Å². The van der Waals surface area contributed by atoms with Gasteiger partial charge >= 0.3 is 0 Å². The minimum atomic E-state index is -0.0732. The summed E-state index contributed by atoms with van der Waals surface area (Å²) in [6, 6.07) is 9.71. The van der Waals surface area contributed by atoms with E-state index in [1.165, 1.54) is 0 Å². The minimum Gasteiger partial charge on any atom is -0.369 e. The second kappa shape index (κ2) is 5.45. The predicted octanol–water partition coefficient (Wildman–Crippen LogP) is 0.731. The first-order valence-electron chi connectivity index (χ1n) is 4.16. The normalized spacial score (nSPS) is 9.92. The summed E-state index contributed by atoms with van der Waals surface area (Å²) in [5.74, 6) is -0.0732. The number of nitrogens with two attached hydrogens (primary N) is 1. The molecular formula is C10H13NO2. The SMILES string of the molecule is NCC(=O)COCc1ccccc1. The maximum atomic E-state index is 10.8. The Balaban J connectivity index is 2.24. The summed E-state index contributed by atoms with van der Waals surface area (Å²) < 4.78 is 5.14. The highest BCUT2D eigenvalue weighted by Crippen LogP contribution is 1.99. The predicted molar refractivity (Wildman–Crippen MR) is 50.2 cm³/mol. The number of ether oxygens (including phenoxy) is 1. The van der Waals surface area contributed by atoms with Gasteiger partial charge in [-0.3, -0.25) is 4.79 Å². The Bertz CT molecular complexity index is 259. The highest BCUT2D eigenvalue weighted by molar-refractivity contribution is 5.81. The fourth-order valence-corrected chi connectivity index (χ4v) is 0.916. The number of Topliss-reactive ketones (excluding diaryl/α,β-unsaturated/α-hetero) is 1. The Morgan fingerprint density at radius 1 is 1.31 bits per heavy atom. The lowest BCUT2D eigenvalue weighted by molar-refractivity contribution is -0.122. The van der Waals surface area contributed by atoms with Crippen molar-refractivity contribution in [3.05, 3.63) is 35.9 Å². The molecule has 0 amide bonds. The van der Waals surface area contributed by atoms with Gasteiger partial charge < -0.3 is 10.5 Å². The van der Waals surface area contributed by atoms with Gasteiger partial charge in [-0.1, -0.05) is 30.3 Å².